The zero-order chi connectivity index (χ0) is 14.8. The molecule has 1 heterocycles. The Morgan fingerprint density at radius 1 is 1.33 bits per heavy atom. The van der Waals surface area contributed by atoms with Crippen molar-refractivity contribution in [1.29, 1.82) is 0 Å². The number of carboxylic acid groups (broad SMARTS) is 1. The number of benzene rings is 1. The molecule has 1 aliphatic rings. The van der Waals surface area contributed by atoms with Crippen LogP contribution < -0.4 is 5.32 Å². The zero-order valence-corrected chi connectivity index (χ0v) is 11.4. The Bertz CT molecular complexity index is 679. The van der Waals surface area contributed by atoms with Crippen LogP contribution in [-0.2, 0) is 16.0 Å². The van der Waals surface area contributed by atoms with Crippen LogP contribution in [0.25, 0.3) is 11.0 Å². The number of nitrogens with zero attached hydrogens (tertiary/aromatic N) is 1. The second-order valence-corrected chi connectivity index (χ2v) is 5.41. The molecule has 6 heteroatoms. The number of aromatic nitrogens is 1. The Balaban J connectivity index is 1.61. The maximum absolute atomic E-state index is 12.0. The van der Waals surface area contributed by atoms with Crippen LogP contribution >= 0.6 is 0 Å². The van der Waals surface area contributed by atoms with E-state index in [2.05, 4.69) is 10.5 Å². The van der Waals surface area contributed by atoms with E-state index in [1.165, 1.54) is 0 Å². The maximum atomic E-state index is 12.0. The monoisotopic (exact) mass is 288 g/mol. The first-order valence-electron chi connectivity index (χ1n) is 6.99. The summed E-state index contributed by atoms with van der Waals surface area (Å²) in [6.07, 6.45) is 1.97. The van der Waals surface area contributed by atoms with Crippen molar-refractivity contribution in [3.8, 4) is 0 Å². The highest BCUT2D eigenvalue weighted by Gasteiger charge is 2.30. The molecule has 0 unspecified atom stereocenters. The molecule has 2 atom stereocenters. The first-order chi connectivity index (χ1) is 10.1. The van der Waals surface area contributed by atoms with E-state index >= 15 is 0 Å². The van der Waals surface area contributed by atoms with Crippen molar-refractivity contribution >= 4 is 22.8 Å². The number of carbonyl (C=O) groups excluding carboxylic acids is 1. The van der Waals surface area contributed by atoms with Gasteiger partial charge in [0.25, 0.3) is 0 Å². The molecule has 2 N–H and O–H groups in total. The molecule has 1 saturated carbocycles. The van der Waals surface area contributed by atoms with Crippen LogP contribution in [0.3, 0.4) is 0 Å². The lowest BCUT2D eigenvalue weighted by Gasteiger charge is -2.11. The van der Waals surface area contributed by atoms with E-state index in [-0.39, 0.29) is 24.3 Å². The third-order valence-electron chi connectivity index (χ3n) is 3.93. The number of hydrogen-bond acceptors (Lipinski definition) is 4. The van der Waals surface area contributed by atoms with Gasteiger partial charge in [0.15, 0.2) is 5.58 Å². The van der Waals surface area contributed by atoms with Gasteiger partial charge >= 0.3 is 5.97 Å². The van der Waals surface area contributed by atoms with Gasteiger partial charge in [0.2, 0.25) is 5.91 Å². The lowest BCUT2D eigenvalue weighted by Crippen LogP contribution is -2.34. The molecule has 0 spiro atoms. The normalized spacial score (nSPS) is 21.5. The third-order valence-corrected chi connectivity index (χ3v) is 3.93. The average molecular weight is 288 g/mol. The smallest absolute Gasteiger partial charge is 0.306 e. The zero-order valence-electron chi connectivity index (χ0n) is 11.4. The third kappa shape index (κ3) is 2.89. The molecule has 0 saturated heterocycles. The summed E-state index contributed by atoms with van der Waals surface area (Å²) in [5.41, 5.74) is 1.27. The molecule has 0 radical (unpaired) electrons. The molecule has 110 valence electrons. The van der Waals surface area contributed by atoms with Crippen molar-refractivity contribution in [2.45, 2.75) is 31.7 Å². The fourth-order valence-electron chi connectivity index (χ4n) is 2.83. The number of carboxylic acids is 1. The number of fused-ring (bicyclic) bond motifs is 1. The molecule has 1 aliphatic carbocycles. The molecule has 0 bridgehead atoms. The summed E-state index contributed by atoms with van der Waals surface area (Å²) < 4.78 is 5.16. The Hall–Kier alpha value is -2.37. The molecule has 1 aromatic heterocycles. The maximum Gasteiger partial charge on any atom is 0.306 e. The Morgan fingerprint density at radius 3 is 2.90 bits per heavy atom. The Kier molecular flexibility index (Phi) is 3.60. The van der Waals surface area contributed by atoms with E-state index in [9.17, 15) is 9.59 Å². The summed E-state index contributed by atoms with van der Waals surface area (Å²) in [6.45, 7) is 0. The van der Waals surface area contributed by atoms with Gasteiger partial charge in [-0.3, -0.25) is 9.59 Å². The van der Waals surface area contributed by atoms with Crippen molar-refractivity contribution < 1.29 is 19.2 Å². The van der Waals surface area contributed by atoms with Gasteiger partial charge in [-0.1, -0.05) is 17.3 Å². The predicted octanol–water partition coefficient (Wildman–Crippen LogP) is 1.74. The topological polar surface area (TPSA) is 92.4 Å². The summed E-state index contributed by atoms with van der Waals surface area (Å²) >= 11 is 0. The summed E-state index contributed by atoms with van der Waals surface area (Å²) in [5.74, 6) is -1.28. The molecule has 1 fully saturated rings. The van der Waals surface area contributed by atoms with Crippen LogP contribution in [0.2, 0.25) is 0 Å². The van der Waals surface area contributed by atoms with Crippen LogP contribution in [0.4, 0.5) is 0 Å². The van der Waals surface area contributed by atoms with Gasteiger partial charge in [0.05, 0.1) is 12.3 Å². The van der Waals surface area contributed by atoms with Crippen LogP contribution in [-0.4, -0.2) is 28.2 Å². The number of aliphatic carboxylic acids is 1. The lowest BCUT2D eigenvalue weighted by molar-refractivity contribution is -0.141. The van der Waals surface area contributed by atoms with Gasteiger partial charge in [0, 0.05) is 11.4 Å². The fourth-order valence-corrected chi connectivity index (χ4v) is 2.83. The molecule has 6 nitrogen and oxygen atoms in total. The van der Waals surface area contributed by atoms with Gasteiger partial charge in [0.1, 0.15) is 5.69 Å². The second kappa shape index (κ2) is 5.55. The number of amides is 1. The SMILES string of the molecule is O=C(Cc1noc2ccccc12)N[C@@H]1CC[C@@H](C(=O)O)C1. The van der Waals surface area contributed by atoms with Crippen molar-refractivity contribution in [2.24, 2.45) is 5.92 Å². The molecule has 0 aliphatic heterocycles. The summed E-state index contributed by atoms with van der Waals surface area (Å²) in [7, 11) is 0. The summed E-state index contributed by atoms with van der Waals surface area (Å²) in [5, 5.41) is 16.6. The Morgan fingerprint density at radius 2 is 2.14 bits per heavy atom. The van der Waals surface area contributed by atoms with E-state index in [1.54, 1.807) is 6.07 Å². The summed E-state index contributed by atoms with van der Waals surface area (Å²) in [4.78, 5) is 22.9. The molecule has 2 aromatic rings. The highest BCUT2D eigenvalue weighted by Crippen LogP contribution is 2.26. The number of hydrogen-bond donors (Lipinski definition) is 2. The van der Waals surface area contributed by atoms with Gasteiger partial charge in [-0.05, 0) is 31.4 Å². The molecule has 1 amide bonds. The van der Waals surface area contributed by atoms with Crippen molar-refractivity contribution in [3.05, 3.63) is 30.0 Å². The molecule has 3 rings (SSSR count). The van der Waals surface area contributed by atoms with Gasteiger partial charge in [-0.2, -0.15) is 0 Å². The number of para-hydroxylation sites is 1. The summed E-state index contributed by atoms with van der Waals surface area (Å²) in [6, 6.07) is 7.33. The lowest BCUT2D eigenvalue weighted by atomic mass is 10.1. The number of carbonyl (C=O) groups is 2. The number of nitrogens with one attached hydrogen (secondary N) is 1. The van der Waals surface area contributed by atoms with E-state index in [1.807, 2.05) is 18.2 Å². The minimum absolute atomic E-state index is 0.0586. The van der Waals surface area contributed by atoms with E-state index < -0.39 is 5.97 Å². The van der Waals surface area contributed by atoms with Crippen molar-refractivity contribution in [3.63, 3.8) is 0 Å². The largest absolute Gasteiger partial charge is 0.481 e. The van der Waals surface area contributed by atoms with E-state index in [4.69, 9.17) is 9.63 Å². The fraction of sp³-hybridized carbons (Fsp3) is 0.400. The minimum Gasteiger partial charge on any atom is -0.481 e. The predicted molar refractivity (Wildman–Crippen MR) is 74.6 cm³/mol. The number of rotatable bonds is 4. The highest BCUT2D eigenvalue weighted by molar-refractivity contribution is 5.86. The molecule has 21 heavy (non-hydrogen) atoms. The highest BCUT2D eigenvalue weighted by atomic mass is 16.5. The van der Waals surface area contributed by atoms with Crippen LogP contribution in [0.1, 0.15) is 25.0 Å². The van der Waals surface area contributed by atoms with E-state index in [0.29, 0.717) is 30.5 Å². The molecular weight excluding hydrogens is 272 g/mol. The van der Waals surface area contributed by atoms with Gasteiger partial charge in [-0.15, -0.1) is 0 Å². The quantitative estimate of drug-likeness (QED) is 0.894. The molecular formula is C15H16N2O4. The van der Waals surface area contributed by atoms with Crippen molar-refractivity contribution in [1.82, 2.24) is 10.5 Å². The second-order valence-electron chi connectivity index (χ2n) is 5.41. The van der Waals surface area contributed by atoms with E-state index in [0.717, 1.165) is 5.39 Å². The average Bonchev–Trinajstić information content (AvgIpc) is 3.07. The molecule has 1 aromatic carbocycles. The van der Waals surface area contributed by atoms with Crippen molar-refractivity contribution in [2.75, 3.05) is 0 Å². The first kappa shape index (κ1) is 13.6. The van der Waals surface area contributed by atoms with Crippen LogP contribution in [0.15, 0.2) is 28.8 Å². The van der Waals surface area contributed by atoms with Crippen LogP contribution in [0, 0.1) is 5.92 Å². The Labute approximate surface area is 121 Å². The van der Waals surface area contributed by atoms with Gasteiger partial charge in [-0.25, -0.2) is 0 Å². The minimum atomic E-state index is -0.783. The standard InChI is InChI=1S/C15H16N2O4/c18-14(16-10-6-5-9(7-10)15(19)20)8-12-11-3-1-2-4-13(11)21-17-12/h1-4,9-10H,5-8H2,(H,16,18)(H,19,20)/t9-,10-/m1/s1. The van der Waals surface area contributed by atoms with Crippen LogP contribution in [0.5, 0.6) is 0 Å². The first-order valence-corrected chi connectivity index (χ1v) is 6.99. The van der Waals surface area contributed by atoms with Gasteiger partial charge < -0.3 is 14.9 Å².